The van der Waals surface area contributed by atoms with Crippen LogP contribution in [0.3, 0.4) is 0 Å². The van der Waals surface area contributed by atoms with E-state index in [0.29, 0.717) is 5.56 Å². The number of hydrogen-bond acceptors (Lipinski definition) is 3. The predicted octanol–water partition coefficient (Wildman–Crippen LogP) is 3.30. The van der Waals surface area contributed by atoms with Gasteiger partial charge in [0.2, 0.25) is 0 Å². The van der Waals surface area contributed by atoms with Crippen molar-refractivity contribution in [3.63, 3.8) is 0 Å². The highest BCUT2D eigenvalue weighted by molar-refractivity contribution is 5.33. The summed E-state index contributed by atoms with van der Waals surface area (Å²) in [6.07, 6.45) is 0. The van der Waals surface area contributed by atoms with E-state index in [4.69, 9.17) is 15.7 Å². The molecule has 1 atom stereocenters. The van der Waals surface area contributed by atoms with Gasteiger partial charge < -0.3 is 10.5 Å². The molecule has 20 heavy (non-hydrogen) atoms. The molecule has 1 unspecified atom stereocenters. The Bertz CT molecular complexity index is 630. The Morgan fingerprint density at radius 1 is 1.25 bits per heavy atom. The van der Waals surface area contributed by atoms with Crippen LogP contribution in [0.1, 0.15) is 29.7 Å². The number of nitriles is 1. The molecular formula is C16H15FN2O. The Kier molecular flexibility index (Phi) is 4.34. The Morgan fingerprint density at radius 3 is 2.50 bits per heavy atom. The molecule has 0 radical (unpaired) electrons. The van der Waals surface area contributed by atoms with E-state index in [9.17, 15) is 4.39 Å². The summed E-state index contributed by atoms with van der Waals surface area (Å²) < 4.78 is 19.2. The summed E-state index contributed by atoms with van der Waals surface area (Å²) in [4.78, 5) is 0. The molecular weight excluding hydrogens is 255 g/mol. The summed E-state index contributed by atoms with van der Waals surface area (Å²) in [7, 11) is 0. The van der Waals surface area contributed by atoms with Crippen LogP contribution in [0.5, 0.6) is 5.75 Å². The third-order valence-corrected chi connectivity index (χ3v) is 2.96. The smallest absolute Gasteiger partial charge is 0.165 e. The normalized spacial score (nSPS) is 11.7. The molecule has 0 aliphatic heterocycles. The van der Waals surface area contributed by atoms with Crippen LogP contribution in [0.4, 0.5) is 4.39 Å². The Labute approximate surface area is 117 Å². The second-order valence-corrected chi connectivity index (χ2v) is 4.58. The third-order valence-electron chi connectivity index (χ3n) is 2.96. The van der Waals surface area contributed by atoms with Crippen molar-refractivity contribution < 1.29 is 9.13 Å². The van der Waals surface area contributed by atoms with Gasteiger partial charge in [-0.2, -0.15) is 5.26 Å². The minimum atomic E-state index is -0.423. The predicted molar refractivity (Wildman–Crippen MR) is 74.5 cm³/mol. The Hall–Kier alpha value is -2.38. The first kappa shape index (κ1) is 14.0. The highest BCUT2D eigenvalue weighted by atomic mass is 19.1. The highest BCUT2D eigenvalue weighted by Crippen LogP contribution is 2.22. The minimum absolute atomic E-state index is 0.193. The molecule has 0 aliphatic carbocycles. The number of rotatable bonds is 4. The van der Waals surface area contributed by atoms with Crippen molar-refractivity contribution in [1.82, 2.24) is 0 Å². The van der Waals surface area contributed by atoms with Crippen molar-refractivity contribution >= 4 is 0 Å². The Morgan fingerprint density at radius 2 is 1.95 bits per heavy atom. The molecule has 2 N–H and O–H groups in total. The fraction of sp³-hybridized carbons (Fsp3) is 0.188. The maximum absolute atomic E-state index is 13.8. The molecule has 102 valence electrons. The first-order valence-electron chi connectivity index (χ1n) is 6.27. The van der Waals surface area contributed by atoms with Crippen LogP contribution in [0.25, 0.3) is 0 Å². The second kappa shape index (κ2) is 6.18. The molecule has 4 heteroatoms. The maximum atomic E-state index is 13.8. The topological polar surface area (TPSA) is 59.0 Å². The van der Waals surface area contributed by atoms with E-state index < -0.39 is 5.82 Å². The average molecular weight is 270 g/mol. The third kappa shape index (κ3) is 3.34. The molecule has 2 aromatic rings. The standard InChI is InChI=1S/C16H15FN2O/c1-11(19)14-6-7-16(15(17)8-14)20-10-13-4-2-12(9-18)3-5-13/h2-8,11H,10,19H2,1H3. The van der Waals surface area contributed by atoms with Gasteiger partial charge in [-0.15, -0.1) is 0 Å². The molecule has 0 amide bonds. The molecule has 3 nitrogen and oxygen atoms in total. The zero-order chi connectivity index (χ0) is 14.5. The van der Waals surface area contributed by atoms with Crippen molar-refractivity contribution in [3.05, 3.63) is 65.0 Å². The number of benzene rings is 2. The van der Waals surface area contributed by atoms with E-state index in [1.54, 1.807) is 43.3 Å². The second-order valence-electron chi connectivity index (χ2n) is 4.58. The van der Waals surface area contributed by atoms with E-state index in [2.05, 4.69) is 0 Å². The monoisotopic (exact) mass is 270 g/mol. The molecule has 0 saturated carbocycles. The lowest BCUT2D eigenvalue weighted by Crippen LogP contribution is -2.06. The van der Waals surface area contributed by atoms with Crippen molar-refractivity contribution in [2.75, 3.05) is 0 Å². The summed E-state index contributed by atoms with van der Waals surface area (Å²) in [6, 6.07) is 13.5. The lowest BCUT2D eigenvalue weighted by molar-refractivity contribution is 0.290. The molecule has 0 bridgehead atoms. The highest BCUT2D eigenvalue weighted by Gasteiger charge is 2.07. The van der Waals surface area contributed by atoms with Crippen LogP contribution < -0.4 is 10.5 Å². The van der Waals surface area contributed by atoms with Gasteiger partial charge in [-0.05, 0) is 42.3 Å². The average Bonchev–Trinajstić information content (AvgIpc) is 2.46. The quantitative estimate of drug-likeness (QED) is 0.927. The van der Waals surface area contributed by atoms with E-state index in [0.717, 1.165) is 11.1 Å². The fourth-order valence-corrected chi connectivity index (χ4v) is 1.75. The number of nitrogens with two attached hydrogens (primary N) is 1. The summed E-state index contributed by atoms with van der Waals surface area (Å²) >= 11 is 0. The van der Waals surface area contributed by atoms with Gasteiger partial charge in [0.1, 0.15) is 6.61 Å². The van der Waals surface area contributed by atoms with Crippen LogP contribution in [0.15, 0.2) is 42.5 Å². The van der Waals surface area contributed by atoms with Gasteiger partial charge in [0.15, 0.2) is 11.6 Å². The number of ether oxygens (including phenoxy) is 1. The van der Waals surface area contributed by atoms with Crippen LogP contribution >= 0.6 is 0 Å². The first-order chi connectivity index (χ1) is 9.60. The van der Waals surface area contributed by atoms with Crippen LogP contribution in [-0.4, -0.2) is 0 Å². The number of hydrogen-bond donors (Lipinski definition) is 1. The minimum Gasteiger partial charge on any atom is -0.486 e. The number of halogens is 1. The molecule has 2 aromatic carbocycles. The van der Waals surface area contributed by atoms with Crippen molar-refractivity contribution in [1.29, 1.82) is 5.26 Å². The van der Waals surface area contributed by atoms with Crippen molar-refractivity contribution in [2.45, 2.75) is 19.6 Å². The molecule has 2 rings (SSSR count). The summed E-state index contributed by atoms with van der Waals surface area (Å²) in [5, 5.41) is 8.70. The molecule has 0 saturated heterocycles. The van der Waals surface area contributed by atoms with Gasteiger partial charge in [-0.3, -0.25) is 0 Å². The summed E-state index contributed by atoms with van der Waals surface area (Å²) in [5.41, 5.74) is 7.88. The largest absolute Gasteiger partial charge is 0.486 e. The molecule has 0 spiro atoms. The fourth-order valence-electron chi connectivity index (χ4n) is 1.75. The molecule has 0 heterocycles. The summed E-state index contributed by atoms with van der Waals surface area (Å²) in [5.74, 6) is -0.229. The van der Waals surface area contributed by atoms with Gasteiger partial charge in [0, 0.05) is 6.04 Å². The number of nitrogens with zero attached hydrogens (tertiary/aromatic N) is 1. The molecule has 0 aromatic heterocycles. The van der Waals surface area contributed by atoms with Crippen molar-refractivity contribution in [2.24, 2.45) is 5.73 Å². The van der Waals surface area contributed by atoms with Crippen molar-refractivity contribution in [3.8, 4) is 11.8 Å². The first-order valence-corrected chi connectivity index (χ1v) is 6.27. The van der Waals surface area contributed by atoms with Gasteiger partial charge in [0.25, 0.3) is 0 Å². The summed E-state index contributed by atoms with van der Waals surface area (Å²) in [6.45, 7) is 2.05. The van der Waals surface area contributed by atoms with E-state index in [1.165, 1.54) is 6.07 Å². The molecule has 0 aliphatic rings. The van der Waals surface area contributed by atoms with Crippen LogP contribution in [-0.2, 0) is 6.61 Å². The lowest BCUT2D eigenvalue weighted by atomic mass is 10.1. The van der Waals surface area contributed by atoms with E-state index in [-0.39, 0.29) is 18.4 Å². The van der Waals surface area contributed by atoms with Crippen LogP contribution in [0, 0.1) is 17.1 Å². The Balaban J connectivity index is 2.05. The van der Waals surface area contributed by atoms with Gasteiger partial charge in [-0.1, -0.05) is 18.2 Å². The maximum Gasteiger partial charge on any atom is 0.165 e. The zero-order valence-corrected chi connectivity index (χ0v) is 11.1. The van der Waals surface area contributed by atoms with E-state index >= 15 is 0 Å². The van der Waals surface area contributed by atoms with Gasteiger partial charge in [0.05, 0.1) is 11.6 Å². The van der Waals surface area contributed by atoms with Gasteiger partial charge in [-0.25, -0.2) is 4.39 Å². The van der Waals surface area contributed by atoms with E-state index in [1.807, 2.05) is 6.07 Å². The zero-order valence-electron chi connectivity index (χ0n) is 11.1. The lowest BCUT2D eigenvalue weighted by Gasteiger charge is -2.10. The molecule has 0 fully saturated rings. The van der Waals surface area contributed by atoms with Gasteiger partial charge >= 0.3 is 0 Å². The van der Waals surface area contributed by atoms with Crippen LogP contribution in [0.2, 0.25) is 0 Å². The SMILES string of the molecule is CC(N)c1ccc(OCc2ccc(C#N)cc2)c(F)c1.